The standard InChI is InChI=1S/C17H23N3/c1-12-5-6-13(2)14(9-12)15-10-19-16(20-15)17(11-18-3)7-4-8-17/h5-6,9-10,18H,4,7-8,11H2,1-3H3,(H,19,20). The number of aromatic amines is 1. The summed E-state index contributed by atoms with van der Waals surface area (Å²) in [6, 6.07) is 6.57. The van der Waals surface area contributed by atoms with Gasteiger partial charge in [-0.25, -0.2) is 4.98 Å². The van der Waals surface area contributed by atoms with Crippen molar-refractivity contribution in [1.29, 1.82) is 0 Å². The van der Waals surface area contributed by atoms with E-state index >= 15 is 0 Å². The Bertz CT molecular complexity index is 608. The van der Waals surface area contributed by atoms with E-state index in [2.05, 4.69) is 47.3 Å². The Morgan fingerprint density at radius 3 is 2.75 bits per heavy atom. The number of aryl methyl sites for hydroxylation is 2. The molecule has 1 heterocycles. The molecule has 1 aromatic carbocycles. The van der Waals surface area contributed by atoms with Crippen LogP contribution in [0.15, 0.2) is 24.4 Å². The molecule has 1 aliphatic carbocycles. The zero-order valence-corrected chi connectivity index (χ0v) is 12.6. The molecule has 0 saturated heterocycles. The quantitative estimate of drug-likeness (QED) is 0.893. The van der Waals surface area contributed by atoms with Crippen molar-refractivity contribution in [2.75, 3.05) is 13.6 Å². The first-order chi connectivity index (χ1) is 9.64. The molecule has 0 amide bonds. The number of rotatable bonds is 4. The molecular weight excluding hydrogens is 246 g/mol. The molecule has 1 saturated carbocycles. The number of nitrogens with one attached hydrogen (secondary N) is 2. The van der Waals surface area contributed by atoms with Crippen molar-refractivity contribution in [3.8, 4) is 11.3 Å². The molecule has 0 radical (unpaired) electrons. The topological polar surface area (TPSA) is 40.7 Å². The highest BCUT2D eigenvalue weighted by atomic mass is 15.0. The molecule has 1 fully saturated rings. The van der Waals surface area contributed by atoms with Gasteiger partial charge < -0.3 is 10.3 Å². The van der Waals surface area contributed by atoms with Crippen LogP contribution in [0.5, 0.6) is 0 Å². The van der Waals surface area contributed by atoms with Crippen LogP contribution in [0.3, 0.4) is 0 Å². The molecule has 0 unspecified atom stereocenters. The van der Waals surface area contributed by atoms with Gasteiger partial charge in [-0.3, -0.25) is 0 Å². The van der Waals surface area contributed by atoms with Gasteiger partial charge in [-0.1, -0.05) is 24.1 Å². The summed E-state index contributed by atoms with van der Waals surface area (Å²) in [4.78, 5) is 8.25. The van der Waals surface area contributed by atoms with Crippen LogP contribution in [0.2, 0.25) is 0 Å². The number of imidazole rings is 1. The number of H-pyrrole nitrogens is 1. The zero-order valence-electron chi connectivity index (χ0n) is 12.6. The summed E-state index contributed by atoms with van der Waals surface area (Å²) in [5, 5.41) is 3.32. The van der Waals surface area contributed by atoms with E-state index in [4.69, 9.17) is 0 Å². The maximum Gasteiger partial charge on any atom is 0.114 e. The average molecular weight is 269 g/mol. The van der Waals surface area contributed by atoms with Crippen molar-refractivity contribution >= 4 is 0 Å². The maximum absolute atomic E-state index is 4.68. The molecule has 2 aromatic rings. The van der Waals surface area contributed by atoms with E-state index in [1.54, 1.807) is 0 Å². The lowest BCUT2D eigenvalue weighted by Gasteiger charge is -2.40. The lowest BCUT2D eigenvalue weighted by Crippen LogP contribution is -2.43. The first-order valence-corrected chi connectivity index (χ1v) is 7.42. The molecule has 0 atom stereocenters. The van der Waals surface area contributed by atoms with Crippen LogP contribution in [-0.2, 0) is 5.41 Å². The number of likely N-dealkylation sites (N-methyl/N-ethyl adjacent to an activating group) is 1. The lowest BCUT2D eigenvalue weighted by molar-refractivity contribution is 0.226. The molecule has 0 bridgehead atoms. The van der Waals surface area contributed by atoms with E-state index in [1.165, 1.54) is 36.0 Å². The number of hydrogen-bond donors (Lipinski definition) is 2. The van der Waals surface area contributed by atoms with Crippen molar-refractivity contribution in [2.24, 2.45) is 0 Å². The van der Waals surface area contributed by atoms with Crippen molar-refractivity contribution in [3.05, 3.63) is 41.3 Å². The largest absolute Gasteiger partial charge is 0.341 e. The Labute approximate surface area is 120 Å². The molecule has 1 aliphatic rings. The summed E-state index contributed by atoms with van der Waals surface area (Å²) in [7, 11) is 2.02. The summed E-state index contributed by atoms with van der Waals surface area (Å²) in [5.41, 5.74) is 5.22. The van der Waals surface area contributed by atoms with Crippen molar-refractivity contribution < 1.29 is 0 Å². The average Bonchev–Trinajstić information content (AvgIpc) is 2.86. The maximum atomic E-state index is 4.68. The second-order valence-corrected chi connectivity index (χ2v) is 6.13. The van der Waals surface area contributed by atoms with Gasteiger partial charge in [-0.2, -0.15) is 0 Å². The van der Waals surface area contributed by atoms with Crippen molar-refractivity contribution in [3.63, 3.8) is 0 Å². The second-order valence-electron chi connectivity index (χ2n) is 6.13. The molecule has 0 aliphatic heterocycles. The third-order valence-electron chi connectivity index (χ3n) is 4.59. The zero-order chi connectivity index (χ0) is 14.2. The Kier molecular flexibility index (Phi) is 3.38. The monoisotopic (exact) mass is 269 g/mol. The summed E-state index contributed by atoms with van der Waals surface area (Å²) in [5.74, 6) is 1.15. The van der Waals surface area contributed by atoms with Crippen molar-refractivity contribution in [2.45, 2.75) is 38.5 Å². The number of benzene rings is 1. The Morgan fingerprint density at radius 2 is 2.10 bits per heavy atom. The Hall–Kier alpha value is -1.61. The molecule has 0 spiro atoms. The molecular formula is C17H23N3. The van der Waals surface area contributed by atoms with Crippen LogP contribution in [0.25, 0.3) is 11.3 Å². The minimum absolute atomic E-state index is 0.227. The first kappa shape index (κ1) is 13.4. The highest BCUT2D eigenvalue weighted by Gasteiger charge is 2.40. The number of aromatic nitrogens is 2. The van der Waals surface area contributed by atoms with Gasteiger partial charge in [0.1, 0.15) is 5.82 Å². The van der Waals surface area contributed by atoms with Gasteiger partial charge in [-0.05, 0) is 45.4 Å². The summed E-state index contributed by atoms with van der Waals surface area (Å²) in [6.45, 7) is 5.30. The van der Waals surface area contributed by atoms with Crippen LogP contribution in [0.1, 0.15) is 36.2 Å². The third kappa shape index (κ3) is 2.16. The summed E-state index contributed by atoms with van der Waals surface area (Å²) < 4.78 is 0. The van der Waals surface area contributed by atoms with E-state index < -0.39 is 0 Å². The fourth-order valence-electron chi connectivity index (χ4n) is 3.19. The van der Waals surface area contributed by atoms with Crippen LogP contribution in [0.4, 0.5) is 0 Å². The summed E-state index contributed by atoms with van der Waals surface area (Å²) in [6.07, 6.45) is 5.76. The van der Waals surface area contributed by atoms with Crippen LogP contribution in [0, 0.1) is 13.8 Å². The molecule has 3 rings (SSSR count). The minimum atomic E-state index is 0.227. The normalized spacial score (nSPS) is 16.9. The minimum Gasteiger partial charge on any atom is -0.341 e. The fourth-order valence-corrected chi connectivity index (χ4v) is 3.19. The molecule has 3 nitrogen and oxygen atoms in total. The smallest absolute Gasteiger partial charge is 0.114 e. The lowest BCUT2D eigenvalue weighted by atomic mass is 9.68. The second kappa shape index (κ2) is 5.06. The number of nitrogens with zero attached hydrogens (tertiary/aromatic N) is 1. The molecule has 106 valence electrons. The fraction of sp³-hybridized carbons (Fsp3) is 0.471. The van der Waals surface area contributed by atoms with E-state index in [1.807, 2.05) is 13.2 Å². The van der Waals surface area contributed by atoms with E-state index in [0.717, 1.165) is 18.1 Å². The van der Waals surface area contributed by atoms with Gasteiger partial charge in [0, 0.05) is 17.5 Å². The van der Waals surface area contributed by atoms with Gasteiger partial charge in [0.15, 0.2) is 0 Å². The molecule has 2 N–H and O–H groups in total. The molecule has 20 heavy (non-hydrogen) atoms. The van der Waals surface area contributed by atoms with Gasteiger partial charge in [0.2, 0.25) is 0 Å². The first-order valence-electron chi connectivity index (χ1n) is 7.42. The van der Waals surface area contributed by atoms with Crippen LogP contribution >= 0.6 is 0 Å². The van der Waals surface area contributed by atoms with E-state index in [0.29, 0.717) is 0 Å². The molecule has 1 aromatic heterocycles. The predicted octanol–water partition coefficient (Wildman–Crippen LogP) is 3.33. The van der Waals surface area contributed by atoms with Gasteiger partial charge >= 0.3 is 0 Å². The molecule has 3 heteroatoms. The SMILES string of the molecule is CNCC1(c2ncc(-c3cc(C)ccc3C)[nH]2)CCC1. The highest BCUT2D eigenvalue weighted by Crippen LogP contribution is 2.42. The number of hydrogen-bond acceptors (Lipinski definition) is 2. The van der Waals surface area contributed by atoms with E-state index in [-0.39, 0.29) is 5.41 Å². The van der Waals surface area contributed by atoms with Crippen molar-refractivity contribution in [1.82, 2.24) is 15.3 Å². The van der Waals surface area contributed by atoms with Crippen LogP contribution in [-0.4, -0.2) is 23.6 Å². The van der Waals surface area contributed by atoms with Gasteiger partial charge in [0.05, 0.1) is 11.9 Å². The van der Waals surface area contributed by atoms with Gasteiger partial charge in [-0.15, -0.1) is 0 Å². The highest BCUT2D eigenvalue weighted by molar-refractivity contribution is 5.64. The summed E-state index contributed by atoms with van der Waals surface area (Å²) >= 11 is 0. The Balaban J connectivity index is 1.96. The Morgan fingerprint density at radius 1 is 1.30 bits per heavy atom. The van der Waals surface area contributed by atoms with Crippen LogP contribution < -0.4 is 5.32 Å². The predicted molar refractivity (Wildman–Crippen MR) is 83.0 cm³/mol. The third-order valence-corrected chi connectivity index (χ3v) is 4.59. The van der Waals surface area contributed by atoms with E-state index in [9.17, 15) is 0 Å². The van der Waals surface area contributed by atoms with Gasteiger partial charge in [0.25, 0.3) is 0 Å².